The molecule has 0 radical (unpaired) electrons. The number of piperidine rings is 1. The zero-order valence-electron chi connectivity index (χ0n) is 8.89. The van der Waals surface area contributed by atoms with E-state index in [4.69, 9.17) is 0 Å². The molecular formula is C11H15N3O. The number of nitrogens with zero attached hydrogens (tertiary/aromatic N) is 3. The van der Waals surface area contributed by atoms with Gasteiger partial charge in [-0.15, -0.1) is 0 Å². The molecule has 0 bridgehead atoms. The van der Waals surface area contributed by atoms with Gasteiger partial charge in [0.05, 0.1) is 0 Å². The molecule has 1 aliphatic heterocycles. The van der Waals surface area contributed by atoms with Crippen LogP contribution in [-0.2, 0) is 4.79 Å². The van der Waals surface area contributed by atoms with Crippen molar-refractivity contribution in [1.82, 2.24) is 9.97 Å². The second kappa shape index (κ2) is 4.38. The van der Waals surface area contributed by atoms with Gasteiger partial charge in [0.15, 0.2) is 0 Å². The number of aromatic nitrogens is 2. The van der Waals surface area contributed by atoms with Crippen molar-refractivity contribution in [3.63, 3.8) is 0 Å². The lowest BCUT2D eigenvalue weighted by molar-refractivity contribution is -0.111. The maximum atomic E-state index is 10.7. The van der Waals surface area contributed by atoms with E-state index in [1.54, 1.807) is 6.20 Å². The smallest absolute Gasteiger partial charge is 0.225 e. The maximum Gasteiger partial charge on any atom is 0.225 e. The minimum absolute atomic E-state index is 0.142. The number of carbonyl (C=O) groups is 1. The number of hydrogen-bond donors (Lipinski definition) is 0. The summed E-state index contributed by atoms with van der Waals surface area (Å²) in [5, 5.41) is 0. The quantitative estimate of drug-likeness (QED) is 0.681. The fourth-order valence-electron chi connectivity index (χ4n) is 1.89. The highest BCUT2D eigenvalue weighted by atomic mass is 16.1. The summed E-state index contributed by atoms with van der Waals surface area (Å²) >= 11 is 0. The van der Waals surface area contributed by atoms with Crippen molar-refractivity contribution in [3.8, 4) is 0 Å². The topological polar surface area (TPSA) is 46.1 Å². The minimum Gasteiger partial charge on any atom is -0.340 e. The molecule has 2 heterocycles. The van der Waals surface area contributed by atoms with Crippen LogP contribution < -0.4 is 4.90 Å². The minimum atomic E-state index is 0.142. The SMILES string of the molecule is Cc1ccnc(N2CCCC(C=O)C2)n1. The molecule has 2 rings (SSSR count). The second-order valence-electron chi connectivity index (χ2n) is 3.98. The van der Waals surface area contributed by atoms with Gasteiger partial charge in [-0.2, -0.15) is 0 Å². The lowest BCUT2D eigenvalue weighted by Crippen LogP contribution is -2.37. The summed E-state index contributed by atoms with van der Waals surface area (Å²) in [5.74, 6) is 0.893. The van der Waals surface area contributed by atoms with Gasteiger partial charge in [0, 0.05) is 30.9 Å². The van der Waals surface area contributed by atoms with Gasteiger partial charge in [-0.1, -0.05) is 0 Å². The Kier molecular flexibility index (Phi) is 2.94. The predicted octanol–water partition coefficient (Wildman–Crippen LogP) is 1.20. The monoisotopic (exact) mass is 205 g/mol. The molecular weight excluding hydrogens is 190 g/mol. The Morgan fingerprint density at radius 3 is 3.20 bits per heavy atom. The van der Waals surface area contributed by atoms with Crippen LogP contribution in [0.4, 0.5) is 5.95 Å². The van der Waals surface area contributed by atoms with Gasteiger partial charge in [0.25, 0.3) is 0 Å². The predicted molar refractivity (Wildman–Crippen MR) is 57.8 cm³/mol. The highest BCUT2D eigenvalue weighted by Gasteiger charge is 2.20. The Balaban J connectivity index is 2.13. The third kappa shape index (κ3) is 2.32. The molecule has 1 aliphatic rings. The molecule has 15 heavy (non-hydrogen) atoms. The van der Waals surface area contributed by atoms with Crippen LogP contribution in [0.15, 0.2) is 12.3 Å². The van der Waals surface area contributed by atoms with E-state index in [1.807, 2.05) is 13.0 Å². The van der Waals surface area contributed by atoms with Gasteiger partial charge in [-0.3, -0.25) is 0 Å². The molecule has 0 spiro atoms. The number of aldehydes is 1. The third-order valence-corrected chi connectivity index (χ3v) is 2.72. The summed E-state index contributed by atoms with van der Waals surface area (Å²) in [6.45, 7) is 3.66. The average Bonchev–Trinajstić information content (AvgIpc) is 2.29. The molecule has 1 atom stereocenters. The summed E-state index contributed by atoms with van der Waals surface area (Å²) in [4.78, 5) is 21.4. The Morgan fingerprint density at radius 1 is 1.60 bits per heavy atom. The van der Waals surface area contributed by atoms with Crippen LogP contribution in [0.2, 0.25) is 0 Å². The highest BCUT2D eigenvalue weighted by molar-refractivity contribution is 5.55. The zero-order chi connectivity index (χ0) is 10.7. The molecule has 0 N–H and O–H groups in total. The molecule has 4 nitrogen and oxygen atoms in total. The van der Waals surface area contributed by atoms with Crippen LogP contribution in [0.25, 0.3) is 0 Å². The first-order valence-corrected chi connectivity index (χ1v) is 5.29. The van der Waals surface area contributed by atoms with E-state index in [2.05, 4.69) is 14.9 Å². The van der Waals surface area contributed by atoms with Gasteiger partial charge < -0.3 is 9.69 Å². The first kappa shape index (κ1) is 10.1. The molecule has 0 aliphatic carbocycles. The Bertz CT molecular complexity index is 353. The Hall–Kier alpha value is -1.45. The molecule has 80 valence electrons. The fraction of sp³-hybridized carbons (Fsp3) is 0.545. The first-order valence-electron chi connectivity index (χ1n) is 5.29. The molecule has 1 fully saturated rings. The summed E-state index contributed by atoms with van der Waals surface area (Å²) in [6, 6.07) is 1.88. The molecule has 1 saturated heterocycles. The lowest BCUT2D eigenvalue weighted by atomic mass is 10.0. The van der Waals surface area contributed by atoms with E-state index in [0.717, 1.165) is 43.9 Å². The van der Waals surface area contributed by atoms with Gasteiger partial charge >= 0.3 is 0 Å². The maximum absolute atomic E-state index is 10.7. The molecule has 0 amide bonds. The van der Waals surface area contributed by atoms with Crippen LogP contribution in [0.1, 0.15) is 18.5 Å². The Morgan fingerprint density at radius 2 is 2.47 bits per heavy atom. The number of anilines is 1. The third-order valence-electron chi connectivity index (χ3n) is 2.72. The standard InChI is InChI=1S/C11H15N3O/c1-9-4-5-12-11(13-9)14-6-2-3-10(7-14)8-15/h4-5,8,10H,2-3,6-7H2,1H3. The molecule has 1 aromatic rings. The largest absolute Gasteiger partial charge is 0.340 e. The molecule has 0 aromatic carbocycles. The summed E-state index contributed by atoms with van der Waals surface area (Å²) in [7, 11) is 0. The van der Waals surface area contributed by atoms with Crippen LogP contribution in [0.5, 0.6) is 0 Å². The van der Waals surface area contributed by atoms with E-state index in [-0.39, 0.29) is 5.92 Å². The van der Waals surface area contributed by atoms with Crippen LogP contribution in [0, 0.1) is 12.8 Å². The van der Waals surface area contributed by atoms with Crippen LogP contribution >= 0.6 is 0 Å². The van der Waals surface area contributed by atoms with E-state index in [0.29, 0.717) is 0 Å². The van der Waals surface area contributed by atoms with E-state index >= 15 is 0 Å². The van der Waals surface area contributed by atoms with Crippen molar-refractivity contribution in [2.24, 2.45) is 5.92 Å². The van der Waals surface area contributed by atoms with Crippen molar-refractivity contribution in [2.75, 3.05) is 18.0 Å². The van der Waals surface area contributed by atoms with Crippen LogP contribution in [-0.4, -0.2) is 29.3 Å². The van der Waals surface area contributed by atoms with Gasteiger partial charge in [0.1, 0.15) is 6.29 Å². The van der Waals surface area contributed by atoms with Crippen molar-refractivity contribution in [3.05, 3.63) is 18.0 Å². The van der Waals surface area contributed by atoms with Crippen molar-refractivity contribution in [1.29, 1.82) is 0 Å². The zero-order valence-corrected chi connectivity index (χ0v) is 8.89. The fourth-order valence-corrected chi connectivity index (χ4v) is 1.89. The van der Waals surface area contributed by atoms with Gasteiger partial charge in [-0.25, -0.2) is 9.97 Å². The van der Waals surface area contributed by atoms with E-state index in [9.17, 15) is 4.79 Å². The number of aryl methyl sites for hydroxylation is 1. The number of hydrogen-bond acceptors (Lipinski definition) is 4. The van der Waals surface area contributed by atoms with Gasteiger partial charge in [-0.05, 0) is 25.8 Å². The van der Waals surface area contributed by atoms with Crippen molar-refractivity contribution in [2.45, 2.75) is 19.8 Å². The summed E-state index contributed by atoms with van der Waals surface area (Å²) in [6.07, 6.45) is 4.84. The second-order valence-corrected chi connectivity index (χ2v) is 3.98. The van der Waals surface area contributed by atoms with Crippen molar-refractivity contribution >= 4 is 12.2 Å². The van der Waals surface area contributed by atoms with Crippen molar-refractivity contribution < 1.29 is 4.79 Å². The van der Waals surface area contributed by atoms with Gasteiger partial charge in [0.2, 0.25) is 5.95 Å². The lowest BCUT2D eigenvalue weighted by Gasteiger charge is -2.30. The Labute approximate surface area is 89.3 Å². The van der Waals surface area contributed by atoms with E-state index in [1.165, 1.54) is 0 Å². The summed E-state index contributed by atoms with van der Waals surface area (Å²) in [5.41, 5.74) is 0.966. The number of rotatable bonds is 2. The summed E-state index contributed by atoms with van der Waals surface area (Å²) < 4.78 is 0. The molecule has 1 aromatic heterocycles. The first-order chi connectivity index (χ1) is 7.29. The van der Waals surface area contributed by atoms with E-state index < -0.39 is 0 Å². The molecule has 1 unspecified atom stereocenters. The normalized spacial score (nSPS) is 21.4. The highest BCUT2D eigenvalue weighted by Crippen LogP contribution is 2.18. The molecule has 0 saturated carbocycles. The van der Waals surface area contributed by atoms with Crippen LogP contribution in [0.3, 0.4) is 0 Å². The average molecular weight is 205 g/mol. The number of carbonyl (C=O) groups excluding carboxylic acids is 1. The molecule has 4 heteroatoms.